The van der Waals surface area contributed by atoms with Crippen LogP contribution in [-0.4, -0.2) is 39.7 Å². The molecule has 0 radical (unpaired) electrons. The molecule has 1 N–H and O–H groups in total. The largest absolute Gasteiger partial charge is 0.612 e. The number of amides is 1. The molecule has 1 amide bonds. The predicted molar refractivity (Wildman–Crippen MR) is 99.2 cm³/mol. The first kappa shape index (κ1) is 17.3. The third-order valence-corrected chi connectivity index (χ3v) is 6.37. The summed E-state index contributed by atoms with van der Waals surface area (Å²) in [6.45, 7) is 6.54. The molecule has 2 heterocycles. The Bertz CT molecular complexity index is 799. The maximum atomic E-state index is 12.7. The van der Waals surface area contributed by atoms with Crippen molar-refractivity contribution in [3.8, 4) is 10.4 Å². The molecule has 128 valence electrons. The fourth-order valence-corrected chi connectivity index (χ4v) is 4.69. The second-order valence-electron chi connectivity index (χ2n) is 6.17. The van der Waals surface area contributed by atoms with Crippen LogP contribution in [0.25, 0.3) is 10.4 Å². The highest BCUT2D eigenvalue weighted by atomic mass is 32.2. The highest BCUT2D eigenvalue weighted by Crippen LogP contribution is 2.38. The first-order chi connectivity index (χ1) is 11.3. The summed E-state index contributed by atoms with van der Waals surface area (Å²) in [5.41, 5.74) is 3.48. The third kappa shape index (κ3) is 2.81. The van der Waals surface area contributed by atoms with Gasteiger partial charge in [0.05, 0.1) is 16.1 Å². The van der Waals surface area contributed by atoms with Crippen LogP contribution in [0.3, 0.4) is 0 Å². The highest BCUT2D eigenvalue weighted by molar-refractivity contribution is 7.90. The van der Waals surface area contributed by atoms with Gasteiger partial charge in [0.2, 0.25) is 0 Å². The van der Waals surface area contributed by atoms with Crippen molar-refractivity contribution in [2.75, 3.05) is 18.6 Å². The second-order valence-corrected chi connectivity index (χ2v) is 8.52. The number of benzene rings is 1. The summed E-state index contributed by atoms with van der Waals surface area (Å²) in [4.78, 5) is 20.7. The van der Waals surface area contributed by atoms with Crippen molar-refractivity contribution >= 4 is 33.6 Å². The Morgan fingerprint density at radius 3 is 2.67 bits per heavy atom. The zero-order valence-electron chi connectivity index (χ0n) is 14.5. The fraction of sp³-hybridized carbons (Fsp3) is 0.412. The van der Waals surface area contributed by atoms with Crippen molar-refractivity contribution in [2.45, 2.75) is 38.3 Å². The minimum absolute atomic E-state index is 0.0197. The SMILES string of the molecule is CNc1nc(C)c(-c2cc3c(c([S+](C)[O-])c2)C(=O)N(C(C)C)C3)s1. The molecule has 0 bridgehead atoms. The average molecular weight is 364 g/mol. The third-order valence-electron chi connectivity index (χ3n) is 4.20. The van der Waals surface area contributed by atoms with Crippen molar-refractivity contribution in [2.24, 2.45) is 0 Å². The highest BCUT2D eigenvalue weighted by Gasteiger charge is 2.35. The van der Waals surface area contributed by atoms with Crippen molar-refractivity contribution < 1.29 is 9.35 Å². The Morgan fingerprint density at radius 2 is 2.12 bits per heavy atom. The first-order valence-electron chi connectivity index (χ1n) is 7.80. The summed E-state index contributed by atoms with van der Waals surface area (Å²) in [5, 5.41) is 3.91. The zero-order valence-corrected chi connectivity index (χ0v) is 16.1. The van der Waals surface area contributed by atoms with Crippen molar-refractivity contribution in [1.29, 1.82) is 0 Å². The Labute approximate surface area is 149 Å². The van der Waals surface area contributed by atoms with E-state index in [-0.39, 0.29) is 11.9 Å². The number of rotatable bonds is 4. The minimum atomic E-state index is -1.22. The summed E-state index contributed by atoms with van der Waals surface area (Å²) in [6, 6.07) is 4.05. The van der Waals surface area contributed by atoms with Gasteiger partial charge in [-0.1, -0.05) is 11.3 Å². The van der Waals surface area contributed by atoms with E-state index in [1.165, 1.54) is 0 Å². The van der Waals surface area contributed by atoms with Crippen LogP contribution < -0.4 is 5.32 Å². The maximum Gasteiger partial charge on any atom is 0.259 e. The molecule has 24 heavy (non-hydrogen) atoms. The Kier molecular flexibility index (Phi) is 4.59. The van der Waals surface area contributed by atoms with Crippen LogP contribution in [0, 0.1) is 6.92 Å². The van der Waals surface area contributed by atoms with Gasteiger partial charge in [-0.25, -0.2) is 4.98 Å². The Balaban J connectivity index is 2.16. The number of carbonyl (C=O) groups is 1. The zero-order chi connectivity index (χ0) is 17.6. The van der Waals surface area contributed by atoms with Gasteiger partial charge in [-0.05, 0) is 49.1 Å². The topological polar surface area (TPSA) is 68.3 Å². The van der Waals surface area contributed by atoms with E-state index in [4.69, 9.17) is 0 Å². The fourth-order valence-electron chi connectivity index (χ4n) is 2.99. The smallest absolute Gasteiger partial charge is 0.259 e. The number of nitrogens with zero attached hydrogens (tertiary/aromatic N) is 2. The van der Waals surface area contributed by atoms with Crippen LogP contribution in [-0.2, 0) is 17.7 Å². The molecule has 0 spiro atoms. The van der Waals surface area contributed by atoms with Gasteiger partial charge in [0, 0.05) is 25.7 Å². The van der Waals surface area contributed by atoms with E-state index >= 15 is 0 Å². The second kappa shape index (κ2) is 6.38. The Morgan fingerprint density at radius 1 is 1.42 bits per heavy atom. The molecule has 2 aromatic rings. The maximum absolute atomic E-state index is 12.7. The van der Waals surface area contributed by atoms with Crippen LogP contribution in [0.2, 0.25) is 0 Å². The molecule has 0 fully saturated rings. The van der Waals surface area contributed by atoms with E-state index in [9.17, 15) is 9.35 Å². The van der Waals surface area contributed by atoms with Crippen LogP contribution in [0.1, 0.15) is 35.5 Å². The van der Waals surface area contributed by atoms with E-state index in [2.05, 4.69) is 10.3 Å². The molecule has 1 aromatic heterocycles. The van der Waals surface area contributed by atoms with Crippen LogP contribution in [0.15, 0.2) is 17.0 Å². The minimum Gasteiger partial charge on any atom is -0.612 e. The lowest BCUT2D eigenvalue weighted by molar-refractivity contribution is 0.0728. The van der Waals surface area contributed by atoms with E-state index in [1.54, 1.807) is 17.6 Å². The molecule has 1 atom stereocenters. The molecular weight excluding hydrogens is 342 g/mol. The van der Waals surface area contributed by atoms with Crippen LogP contribution >= 0.6 is 11.3 Å². The molecule has 0 saturated heterocycles. The standard InChI is InChI=1S/C17H21N3O2S2/c1-9(2)20-8-12-6-11(15-10(3)19-17(18-4)23-15)7-13(24(5)22)14(12)16(20)21/h6-7,9H,8H2,1-5H3,(H,18,19). The lowest BCUT2D eigenvalue weighted by atomic mass is 10.0. The van der Waals surface area contributed by atoms with E-state index in [0.717, 1.165) is 26.8 Å². The number of hydrogen-bond acceptors (Lipinski definition) is 5. The van der Waals surface area contributed by atoms with Crippen molar-refractivity contribution in [1.82, 2.24) is 9.88 Å². The number of nitrogens with one attached hydrogen (secondary N) is 1. The van der Waals surface area contributed by atoms with Crippen LogP contribution in [0.4, 0.5) is 5.13 Å². The summed E-state index contributed by atoms with van der Waals surface area (Å²) in [5.74, 6) is -0.0197. The number of hydrogen-bond donors (Lipinski definition) is 1. The van der Waals surface area contributed by atoms with Gasteiger partial charge in [-0.3, -0.25) is 4.79 Å². The number of anilines is 1. The van der Waals surface area contributed by atoms with E-state index in [0.29, 0.717) is 17.0 Å². The van der Waals surface area contributed by atoms with Gasteiger partial charge in [0.1, 0.15) is 6.26 Å². The molecular formula is C17H21N3O2S2. The Hall–Kier alpha value is -1.57. The molecule has 0 aliphatic carbocycles. The van der Waals surface area contributed by atoms with Crippen LogP contribution in [0.5, 0.6) is 0 Å². The van der Waals surface area contributed by atoms with Crippen molar-refractivity contribution in [3.63, 3.8) is 0 Å². The normalized spacial score (nSPS) is 15.1. The van der Waals surface area contributed by atoms with Gasteiger partial charge in [0.25, 0.3) is 5.91 Å². The number of carbonyl (C=O) groups excluding carboxylic acids is 1. The molecule has 1 aliphatic heterocycles. The van der Waals surface area contributed by atoms with Gasteiger partial charge in [-0.2, -0.15) is 0 Å². The van der Waals surface area contributed by atoms with Gasteiger partial charge < -0.3 is 14.8 Å². The number of aryl methyl sites for hydroxylation is 1. The lowest BCUT2D eigenvalue weighted by Gasteiger charge is -2.19. The number of thiazole rings is 1. The number of aromatic nitrogens is 1. The molecule has 1 aromatic carbocycles. The molecule has 5 nitrogen and oxygen atoms in total. The predicted octanol–water partition coefficient (Wildman–Crippen LogP) is 3.26. The molecule has 0 saturated carbocycles. The molecule has 1 aliphatic rings. The monoisotopic (exact) mass is 363 g/mol. The van der Waals surface area contributed by atoms with Gasteiger partial charge in [-0.15, -0.1) is 0 Å². The molecule has 3 rings (SSSR count). The summed E-state index contributed by atoms with van der Waals surface area (Å²) < 4.78 is 12.3. The van der Waals surface area contributed by atoms with Crippen molar-refractivity contribution in [3.05, 3.63) is 29.0 Å². The summed E-state index contributed by atoms with van der Waals surface area (Å²) in [6.07, 6.45) is 1.63. The summed E-state index contributed by atoms with van der Waals surface area (Å²) >= 11 is 0.343. The molecule has 1 unspecified atom stereocenters. The average Bonchev–Trinajstić information content (AvgIpc) is 3.07. The van der Waals surface area contributed by atoms with Gasteiger partial charge in [0.15, 0.2) is 10.0 Å². The summed E-state index contributed by atoms with van der Waals surface area (Å²) in [7, 11) is 1.84. The van der Waals surface area contributed by atoms with E-state index < -0.39 is 11.2 Å². The quantitative estimate of drug-likeness (QED) is 0.847. The number of fused-ring (bicyclic) bond motifs is 1. The van der Waals surface area contributed by atoms with Gasteiger partial charge >= 0.3 is 0 Å². The first-order valence-corrected chi connectivity index (χ1v) is 10.2. The molecule has 7 heteroatoms. The lowest BCUT2D eigenvalue weighted by Crippen LogP contribution is -2.31. The van der Waals surface area contributed by atoms with E-state index in [1.807, 2.05) is 44.9 Å².